The van der Waals surface area contributed by atoms with Gasteiger partial charge in [0.1, 0.15) is 0 Å². The maximum Gasteiger partial charge on any atom is 0.229 e. The van der Waals surface area contributed by atoms with Gasteiger partial charge in [-0.2, -0.15) is 0 Å². The molecule has 1 aromatic carbocycles. The molecule has 1 saturated carbocycles. The SMILES string of the molecule is O=C(Nc1ccccc1N1CCCC1)C1CC(=O)N(C2CC2)C1. The van der Waals surface area contributed by atoms with Crippen molar-refractivity contribution in [1.82, 2.24) is 4.90 Å². The second kappa shape index (κ2) is 5.87. The Bertz CT molecular complexity index is 620. The van der Waals surface area contributed by atoms with E-state index in [9.17, 15) is 9.59 Å². The van der Waals surface area contributed by atoms with Crippen molar-refractivity contribution in [2.45, 2.75) is 38.1 Å². The summed E-state index contributed by atoms with van der Waals surface area (Å²) in [6.45, 7) is 2.68. The number of amides is 2. The Morgan fingerprint density at radius 1 is 1.13 bits per heavy atom. The Hall–Kier alpha value is -2.04. The van der Waals surface area contributed by atoms with Crippen LogP contribution in [0.5, 0.6) is 0 Å². The van der Waals surface area contributed by atoms with E-state index < -0.39 is 0 Å². The van der Waals surface area contributed by atoms with E-state index in [1.807, 2.05) is 23.1 Å². The number of carbonyl (C=O) groups is 2. The minimum absolute atomic E-state index is 0.0202. The van der Waals surface area contributed by atoms with Crippen LogP contribution in [-0.4, -0.2) is 42.4 Å². The van der Waals surface area contributed by atoms with Crippen LogP contribution in [-0.2, 0) is 9.59 Å². The lowest BCUT2D eigenvalue weighted by Crippen LogP contribution is -2.30. The molecule has 0 spiro atoms. The maximum absolute atomic E-state index is 12.6. The number of hydrogen-bond acceptors (Lipinski definition) is 3. The van der Waals surface area contributed by atoms with Crippen LogP contribution in [0.15, 0.2) is 24.3 Å². The first-order valence-corrected chi connectivity index (χ1v) is 8.66. The molecule has 1 aliphatic carbocycles. The van der Waals surface area contributed by atoms with Gasteiger partial charge in [-0.1, -0.05) is 12.1 Å². The molecule has 2 aliphatic heterocycles. The third kappa shape index (κ3) is 2.92. The normalized spacial score (nSPS) is 24.3. The van der Waals surface area contributed by atoms with Gasteiger partial charge in [-0.3, -0.25) is 9.59 Å². The summed E-state index contributed by atoms with van der Waals surface area (Å²) in [5.41, 5.74) is 1.97. The second-order valence-corrected chi connectivity index (χ2v) is 6.88. The fraction of sp³-hybridized carbons (Fsp3) is 0.556. The first kappa shape index (κ1) is 14.5. The van der Waals surface area contributed by atoms with Gasteiger partial charge in [0.05, 0.1) is 17.3 Å². The highest BCUT2D eigenvalue weighted by Gasteiger charge is 2.41. The summed E-state index contributed by atoms with van der Waals surface area (Å²) in [4.78, 5) is 28.9. The van der Waals surface area contributed by atoms with Gasteiger partial charge in [-0.15, -0.1) is 0 Å². The van der Waals surface area contributed by atoms with E-state index in [4.69, 9.17) is 0 Å². The molecular weight excluding hydrogens is 290 g/mol. The summed E-state index contributed by atoms with van der Waals surface area (Å²) in [5.74, 6) is -0.0941. The molecule has 3 aliphatic rings. The zero-order valence-corrected chi connectivity index (χ0v) is 13.3. The number of para-hydroxylation sites is 2. The highest BCUT2D eigenvalue weighted by molar-refractivity contribution is 5.99. The molecule has 2 saturated heterocycles. The van der Waals surface area contributed by atoms with Crippen LogP contribution in [0.3, 0.4) is 0 Å². The van der Waals surface area contributed by atoms with E-state index in [1.165, 1.54) is 12.8 Å². The molecule has 23 heavy (non-hydrogen) atoms. The van der Waals surface area contributed by atoms with Crippen molar-refractivity contribution in [3.05, 3.63) is 24.3 Å². The van der Waals surface area contributed by atoms with E-state index in [0.29, 0.717) is 19.0 Å². The molecule has 1 N–H and O–H groups in total. The van der Waals surface area contributed by atoms with Gasteiger partial charge in [0.25, 0.3) is 0 Å². The van der Waals surface area contributed by atoms with Crippen molar-refractivity contribution >= 4 is 23.2 Å². The largest absolute Gasteiger partial charge is 0.370 e. The molecule has 1 aromatic rings. The Balaban J connectivity index is 1.45. The molecule has 0 radical (unpaired) electrons. The van der Waals surface area contributed by atoms with Gasteiger partial charge in [0.2, 0.25) is 11.8 Å². The average molecular weight is 313 g/mol. The minimum atomic E-state index is -0.213. The van der Waals surface area contributed by atoms with Gasteiger partial charge in [-0.05, 0) is 37.8 Å². The predicted molar refractivity (Wildman–Crippen MR) is 89.4 cm³/mol. The highest BCUT2D eigenvalue weighted by atomic mass is 16.2. The molecular formula is C18H23N3O2. The van der Waals surface area contributed by atoms with Crippen molar-refractivity contribution in [3.63, 3.8) is 0 Å². The summed E-state index contributed by atoms with van der Waals surface area (Å²) >= 11 is 0. The van der Waals surface area contributed by atoms with Crippen LogP contribution >= 0.6 is 0 Å². The summed E-state index contributed by atoms with van der Waals surface area (Å²) in [7, 11) is 0. The molecule has 0 bridgehead atoms. The summed E-state index contributed by atoms with van der Waals surface area (Å²) in [6.07, 6.45) is 4.95. The fourth-order valence-electron chi connectivity index (χ4n) is 3.69. The third-order valence-electron chi connectivity index (χ3n) is 5.13. The fourth-order valence-corrected chi connectivity index (χ4v) is 3.69. The number of likely N-dealkylation sites (tertiary alicyclic amines) is 1. The molecule has 122 valence electrons. The van der Waals surface area contributed by atoms with Crippen LogP contribution in [0.1, 0.15) is 32.1 Å². The lowest BCUT2D eigenvalue weighted by atomic mass is 10.1. The lowest BCUT2D eigenvalue weighted by Gasteiger charge is -2.22. The van der Waals surface area contributed by atoms with Gasteiger partial charge >= 0.3 is 0 Å². The van der Waals surface area contributed by atoms with Gasteiger partial charge < -0.3 is 15.1 Å². The average Bonchev–Trinajstić information content (AvgIpc) is 3.09. The first-order chi connectivity index (χ1) is 11.2. The monoisotopic (exact) mass is 313 g/mol. The molecule has 1 atom stereocenters. The number of nitrogens with one attached hydrogen (secondary N) is 1. The van der Waals surface area contributed by atoms with Crippen LogP contribution < -0.4 is 10.2 Å². The van der Waals surface area contributed by atoms with E-state index >= 15 is 0 Å². The van der Waals surface area contributed by atoms with Crippen molar-refractivity contribution < 1.29 is 9.59 Å². The first-order valence-electron chi connectivity index (χ1n) is 8.66. The number of rotatable bonds is 4. The minimum Gasteiger partial charge on any atom is -0.370 e. The predicted octanol–water partition coefficient (Wildman–Crippen LogP) is 2.24. The van der Waals surface area contributed by atoms with E-state index in [-0.39, 0.29) is 17.7 Å². The Kier molecular flexibility index (Phi) is 3.71. The Labute approximate surface area is 136 Å². The standard InChI is InChI=1S/C18H23N3O2/c22-17-11-13(12-21(17)14-7-8-14)18(23)19-15-5-1-2-6-16(15)20-9-3-4-10-20/h1-2,5-6,13-14H,3-4,7-12H2,(H,19,23). The van der Waals surface area contributed by atoms with E-state index in [2.05, 4.69) is 16.3 Å². The van der Waals surface area contributed by atoms with Crippen molar-refractivity contribution in [1.29, 1.82) is 0 Å². The number of benzene rings is 1. The molecule has 2 heterocycles. The maximum atomic E-state index is 12.6. The Morgan fingerprint density at radius 2 is 1.87 bits per heavy atom. The zero-order chi connectivity index (χ0) is 15.8. The van der Waals surface area contributed by atoms with E-state index in [1.54, 1.807) is 0 Å². The molecule has 0 aromatic heterocycles. The number of carbonyl (C=O) groups excluding carboxylic acids is 2. The molecule has 1 unspecified atom stereocenters. The van der Waals surface area contributed by atoms with Gasteiger partial charge in [0.15, 0.2) is 0 Å². The smallest absolute Gasteiger partial charge is 0.229 e. The summed E-state index contributed by atoms with van der Waals surface area (Å²) in [5, 5.41) is 3.07. The van der Waals surface area contributed by atoms with E-state index in [0.717, 1.165) is 37.3 Å². The van der Waals surface area contributed by atoms with Crippen molar-refractivity contribution in [3.8, 4) is 0 Å². The highest BCUT2D eigenvalue weighted by Crippen LogP contribution is 2.34. The molecule has 5 nitrogen and oxygen atoms in total. The molecule has 5 heteroatoms. The van der Waals surface area contributed by atoms with Crippen molar-refractivity contribution in [2.75, 3.05) is 29.9 Å². The topological polar surface area (TPSA) is 52.7 Å². The third-order valence-corrected chi connectivity index (χ3v) is 5.13. The number of nitrogens with zero attached hydrogens (tertiary/aromatic N) is 2. The quantitative estimate of drug-likeness (QED) is 0.927. The molecule has 2 amide bonds. The number of anilines is 2. The summed E-state index contributed by atoms with van der Waals surface area (Å²) < 4.78 is 0. The van der Waals surface area contributed by atoms with Crippen LogP contribution in [0.2, 0.25) is 0 Å². The van der Waals surface area contributed by atoms with Crippen LogP contribution in [0.25, 0.3) is 0 Å². The Morgan fingerprint density at radius 3 is 2.61 bits per heavy atom. The summed E-state index contributed by atoms with van der Waals surface area (Å²) in [6, 6.07) is 8.39. The molecule has 4 rings (SSSR count). The van der Waals surface area contributed by atoms with Gasteiger partial charge in [-0.25, -0.2) is 0 Å². The number of hydrogen-bond donors (Lipinski definition) is 1. The zero-order valence-electron chi connectivity index (χ0n) is 13.3. The van der Waals surface area contributed by atoms with Crippen LogP contribution in [0.4, 0.5) is 11.4 Å². The van der Waals surface area contributed by atoms with Crippen LogP contribution in [0, 0.1) is 5.92 Å². The van der Waals surface area contributed by atoms with Gasteiger partial charge in [0, 0.05) is 32.1 Å². The van der Waals surface area contributed by atoms with Crippen molar-refractivity contribution in [2.24, 2.45) is 5.92 Å². The molecule has 3 fully saturated rings. The lowest BCUT2D eigenvalue weighted by molar-refractivity contribution is -0.128. The second-order valence-electron chi connectivity index (χ2n) is 6.88.